The van der Waals surface area contributed by atoms with Crippen LogP contribution >= 0.6 is 23.1 Å². The van der Waals surface area contributed by atoms with Crippen LogP contribution in [0.4, 0.5) is 9.52 Å². The molecule has 1 N–H and O–H groups in total. The van der Waals surface area contributed by atoms with Crippen molar-refractivity contribution in [2.45, 2.75) is 11.5 Å². The fourth-order valence-corrected chi connectivity index (χ4v) is 4.13. The summed E-state index contributed by atoms with van der Waals surface area (Å²) in [4.78, 5) is 17.0. The Morgan fingerprint density at radius 3 is 2.64 bits per heavy atom. The molecule has 3 aromatic rings. The quantitative estimate of drug-likeness (QED) is 0.559. The SMILES string of the molecule is COc1ccc(C(=O)Nc2nc(CSCc3ccc(F)cc3)cs2)c(OC)c1. The van der Waals surface area contributed by atoms with Crippen LogP contribution in [-0.2, 0) is 11.5 Å². The molecule has 28 heavy (non-hydrogen) atoms. The molecular weight excluding hydrogens is 399 g/mol. The van der Waals surface area contributed by atoms with E-state index >= 15 is 0 Å². The molecule has 0 aliphatic carbocycles. The fourth-order valence-electron chi connectivity index (χ4n) is 2.44. The van der Waals surface area contributed by atoms with Crippen molar-refractivity contribution < 1.29 is 18.7 Å². The molecule has 0 radical (unpaired) electrons. The van der Waals surface area contributed by atoms with E-state index in [9.17, 15) is 9.18 Å². The fraction of sp³-hybridized carbons (Fsp3) is 0.200. The molecule has 0 saturated heterocycles. The molecule has 1 heterocycles. The number of amides is 1. The summed E-state index contributed by atoms with van der Waals surface area (Å²) >= 11 is 3.05. The largest absolute Gasteiger partial charge is 0.497 e. The monoisotopic (exact) mass is 418 g/mol. The Morgan fingerprint density at radius 1 is 1.14 bits per heavy atom. The first-order valence-electron chi connectivity index (χ1n) is 8.39. The van der Waals surface area contributed by atoms with Crippen molar-refractivity contribution in [3.05, 3.63) is 70.5 Å². The summed E-state index contributed by atoms with van der Waals surface area (Å²) in [5.74, 6) is 1.99. The smallest absolute Gasteiger partial charge is 0.261 e. The zero-order chi connectivity index (χ0) is 19.9. The number of rotatable bonds is 8. The third kappa shape index (κ3) is 5.24. The standard InChI is InChI=1S/C20H19FN2O3S2/c1-25-16-7-8-17(18(9-16)26-2)19(24)23-20-22-15(12-28-20)11-27-10-13-3-5-14(21)6-4-13/h3-9,12H,10-11H2,1-2H3,(H,22,23,24). The number of nitrogens with one attached hydrogen (secondary N) is 1. The molecule has 0 spiro atoms. The maximum atomic E-state index is 12.9. The lowest BCUT2D eigenvalue weighted by molar-refractivity contribution is 0.102. The van der Waals surface area contributed by atoms with Crippen molar-refractivity contribution in [1.82, 2.24) is 4.98 Å². The molecule has 8 heteroatoms. The van der Waals surface area contributed by atoms with Gasteiger partial charge in [-0.05, 0) is 29.8 Å². The minimum Gasteiger partial charge on any atom is -0.497 e. The summed E-state index contributed by atoms with van der Waals surface area (Å²) in [7, 11) is 3.06. The second kappa shape index (κ2) is 9.57. The topological polar surface area (TPSA) is 60.5 Å². The van der Waals surface area contributed by atoms with Crippen molar-refractivity contribution in [2.24, 2.45) is 0 Å². The van der Waals surface area contributed by atoms with E-state index in [4.69, 9.17) is 9.47 Å². The van der Waals surface area contributed by atoms with Crippen LogP contribution in [0.3, 0.4) is 0 Å². The number of benzene rings is 2. The van der Waals surface area contributed by atoms with Crippen molar-refractivity contribution >= 4 is 34.1 Å². The first-order valence-corrected chi connectivity index (χ1v) is 10.4. The Labute approximate surface area is 170 Å². The van der Waals surface area contributed by atoms with Gasteiger partial charge in [0.1, 0.15) is 17.3 Å². The van der Waals surface area contributed by atoms with Gasteiger partial charge in [-0.15, -0.1) is 11.3 Å². The van der Waals surface area contributed by atoms with Gasteiger partial charge in [-0.1, -0.05) is 12.1 Å². The van der Waals surface area contributed by atoms with Gasteiger partial charge in [0.15, 0.2) is 5.13 Å². The van der Waals surface area contributed by atoms with Crippen molar-refractivity contribution in [3.8, 4) is 11.5 Å². The van der Waals surface area contributed by atoms with E-state index in [0.29, 0.717) is 27.9 Å². The summed E-state index contributed by atoms with van der Waals surface area (Å²) in [6, 6.07) is 11.5. The molecule has 0 aliphatic heterocycles. The van der Waals surface area contributed by atoms with Gasteiger partial charge in [-0.3, -0.25) is 10.1 Å². The molecule has 0 fully saturated rings. The Morgan fingerprint density at radius 2 is 1.93 bits per heavy atom. The summed E-state index contributed by atoms with van der Waals surface area (Å²) < 4.78 is 23.3. The molecule has 2 aromatic carbocycles. The van der Waals surface area contributed by atoms with E-state index in [0.717, 1.165) is 17.0 Å². The van der Waals surface area contributed by atoms with Crippen LogP contribution < -0.4 is 14.8 Å². The number of hydrogen-bond donors (Lipinski definition) is 1. The van der Waals surface area contributed by atoms with Crippen LogP contribution in [0.25, 0.3) is 0 Å². The normalized spacial score (nSPS) is 10.5. The van der Waals surface area contributed by atoms with Crippen LogP contribution in [-0.4, -0.2) is 25.1 Å². The lowest BCUT2D eigenvalue weighted by Crippen LogP contribution is -2.13. The van der Waals surface area contributed by atoms with E-state index in [2.05, 4.69) is 10.3 Å². The highest BCUT2D eigenvalue weighted by molar-refractivity contribution is 7.97. The minimum atomic E-state index is -0.292. The number of carbonyl (C=O) groups is 1. The van der Waals surface area contributed by atoms with Gasteiger partial charge in [-0.25, -0.2) is 9.37 Å². The molecule has 0 aliphatic rings. The molecule has 0 unspecified atom stereocenters. The average molecular weight is 419 g/mol. The predicted molar refractivity (Wildman–Crippen MR) is 111 cm³/mol. The lowest BCUT2D eigenvalue weighted by atomic mass is 10.2. The van der Waals surface area contributed by atoms with Gasteiger partial charge >= 0.3 is 0 Å². The molecule has 0 bridgehead atoms. The number of anilines is 1. The number of hydrogen-bond acceptors (Lipinski definition) is 6. The lowest BCUT2D eigenvalue weighted by Gasteiger charge is -2.09. The zero-order valence-corrected chi connectivity index (χ0v) is 17.0. The highest BCUT2D eigenvalue weighted by Gasteiger charge is 2.15. The van der Waals surface area contributed by atoms with E-state index in [1.165, 1.54) is 30.6 Å². The molecule has 146 valence electrons. The van der Waals surface area contributed by atoms with Crippen molar-refractivity contribution in [3.63, 3.8) is 0 Å². The van der Waals surface area contributed by atoms with Gasteiger partial charge in [0.05, 0.1) is 25.5 Å². The maximum absolute atomic E-state index is 12.9. The molecule has 1 aromatic heterocycles. The molecule has 0 saturated carbocycles. The third-order valence-corrected chi connectivity index (χ3v) is 5.70. The number of halogens is 1. The van der Waals surface area contributed by atoms with E-state index < -0.39 is 0 Å². The summed E-state index contributed by atoms with van der Waals surface area (Å²) in [5.41, 5.74) is 2.35. The second-order valence-corrected chi connectivity index (χ2v) is 7.63. The number of methoxy groups -OCH3 is 2. The molecule has 5 nitrogen and oxygen atoms in total. The van der Waals surface area contributed by atoms with Gasteiger partial charge < -0.3 is 9.47 Å². The van der Waals surface area contributed by atoms with Crippen LogP contribution in [0.1, 0.15) is 21.6 Å². The number of thiazole rings is 1. The predicted octanol–water partition coefficient (Wildman–Crippen LogP) is 4.99. The number of carbonyl (C=O) groups excluding carboxylic acids is 1. The maximum Gasteiger partial charge on any atom is 0.261 e. The van der Waals surface area contributed by atoms with Gasteiger partial charge in [-0.2, -0.15) is 11.8 Å². The van der Waals surface area contributed by atoms with E-state index in [1.807, 2.05) is 5.38 Å². The number of aromatic nitrogens is 1. The summed E-state index contributed by atoms with van der Waals surface area (Å²) in [6.07, 6.45) is 0. The third-order valence-electron chi connectivity index (χ3n) is 3.86. The zero-order valence-electron chi connectivity index (χ0n) is 15.4. The minimum absolute atomic E-state index is 0.234. The number of thioether (sulfide) groups is 1. The van der Waals surface area contributed by atoms with Gasteiger partial charge in [0, 0.05) is 23.0 Å². The Bertz CT molecular complexity index is 945. The number of ether oxygens (including phenoxy) is 2. The Balaban J connectivity index is 1.56. The van der Waals surface area contributed by atoms with E-state index in [-0.39, 0.29) is 11.7 Å². The highest BCUT2D eigenvalue weighted by Crippen LogP contribution is 2.27. The van der Waals surface area contributed by atoms with Crippen LogP contribution in [0.15, 0.2) is 47.8 Å². The van der Waals surface area contributed by atoms with Gasteiger partial charge in [0.25, 0.3) is 5.91 Å². The van der Waals surface area contributed by atoms with Crippen LogP contribution in [0.2, 0.25) is 0 Å². The van der Waals surface area contributed by atoms with Crippen molar-refractivity contribution in [2.75, 3.05) is 19.5 Å². The van der Waals surface area contributed by atoms with Crippen LogP contribution in [0, 0.1) is 5.82 Å². The van der Waals surface area contributed by atoms with Crippen LogP contribution in [0.5, 0.6) is 11.5 Å². The highest BCUT2D eigenvalue weighted by atomic mass is 32.2. The Hall–Kier alpha value is -2.58. The number of nitrogens with zero attached hydrogens (tertiary/aromatic N) is 1. The summed E-state index contributed by atoms with van der Waals surface area (Å²) in [5, 5.41) is 5.25. The molecular formula is C20H19FN2O3S2. The van der Waals surface area contributed by atoms with E-state index in [1.54, 1.807) is 49.2 Å². The average Bonchev–Trinajstić information content (AvgIpc) is 3.16. The molecule has 3 rings (SSSR count). The first kappa shape index (κ1) is 20.2. The van der Waals surface area contributed by atoms with Crippen molar-refractivity contribution in [1.29, 1.82) is 0 Å². The first-order chi connectivity index (χ1) is 13.6. The summed E-state index contributed by atoms with van der Waals surface area (Å²) in [6.45, 7) is 0. The van der Waals surface area contributed by atoms with Gasteiger partial charge in [0.2, 0.25) is 0 Å². The Kier molecular flexibility index (Phi) is 6.89. The molecule has 1 amide bonds. The second-order valence-electron chi connectivity index (χ2n) is 5.78. The molecule has 0 atom stereocenters.